The van der Waals surface area contributed by atoms with Crippen LogP contribution >= 0.6 is 19.4 Å². The van der Waals surface area contributed by atoms with Crippen molar-refractivity contribution in [3.8, 4) is 17.2 Å². The second-order valence-electron chi connectivity index (χ2n) is 8.72. The molecule has 4 N–H and O–H groups in total. The van der Waals surface area contributed by atoms with Crippen molar-refractivity contribution >= 4 is 31.4 Å². The topological polar surface area (TPSA) is 164 Å². The number of hydrogen-bond acceptors (Lipinski definition) is 9. The molecule has 0 bridgehead atoms. The van der Waals surface area contributed by atoms with E-state index < -0.39 is 32.4 Å². The average Bonchev–Trinajstić information content (AvgIpc) is 2.95. The summed E-state index contributed by atoms with van der Waals surface area (Å²) in [6.45, 7) is -0.680. The van der Waals surface area contributed by atoms with Crippen LogP contribution in [0.15, 0.2) is 72.8 Å². The number of carboxylic acid groups (broad SMARTS) is 1. The zero-order valence-corrected chi connectivity index (χ0v) is 23.7. The molecule has 13 heteroatoms. The molecule has 3 rings (SSSR count). The number of rotatable bonds is 17. The number of para-hydroxylation sites is 1. The minimum atomic E-state index is -4.47. The molecule has 0 saturated carbocycles. The summed E-state index contributed by atoms with van der Waals surface area (Å²) in [5.74, 6) is 0.128. The Labute approximate surface area is 242 Å². The summed E-state index contributed by atoms with van der Waals surface area (Å²) in [6.07, 6.45) is 0.611. The molecular formula is C28H31ClNO10P. The zero-order chi connectivity index (χ0) is 29.7. The SMILES string of the molecule is N[C@@H](COP(=O)(O)OCCCOC(=O)CCc1ccccc1OCc1cccc(Oc2ccc(Cl)cc2)c1)C(=O)O. The van der Waals surface area contributed by atoms with Gasteiger partial charge in [-0.3, -0.25) is 18.6 Å². The second-order valence-corrected chi connectivity index (χ2v) is 10.6. The fourth-order valence-corrected chi connectivity index (χ4v) is 4.28. The molecule has 2 atom stereocenters. The van der Waals surface area contributed by atoms with Gasteiger partial charge in [-0.05, 0) is 60.0 Å². The number of phosphoric acid groups is 1. The number of ether oxygens (including phenoxy) is 3. The van der Waals surface area contributed by atoms with Crippen molar-refractivity contribution in [2.24, 2.45) is 5.73 Å². The molecule has 0 aliphatic rings. The van der Waals surface area contributed by atoms with Gasteiger partial charge in [0.2, 0.25) is 0 Å². The first-order valence-corrected chi connectivity index (χ1v) is 14.5. The first-order chi connectivity index (χ1) is 19.6. The number of carbonyl (C=O) groups excluding carboxylic acids is 1. The van der Waals surface area contributed by atoms with Crippen LogP contribution in [0.25, 0.3) is 0 Å². The van der Waals surface area contributed by atoms with E-state index in [1.165, 1.54) is 0 Å². The number of nitrogens with two attached hydrogens (primary N) is 1. The van der Waals surface area contributed by atoms with Crippen molar-refractivity contribution in [2.75, 3.05) is 19.8 Å². The fraction of sp³-hybridized carbons (Fsp3) is 0.286. The highest BCUT2D eigenvalue weighted by molar-refractivity contribution is 7.47. The monoisotopic (exact) mass is 607 g/mol. The van der Waals surface area contributed by atoms with Gasteiger partial charge in [-0.25, -0.2) is 4.57 Å². The van der Waals surface area contributed by atoms with Gasteiger partial charge in [-0.1, -0.05) is 41.9 Å². The summed E-state index contributed by atoms with van der Waals surface area (Å²) >= 11 is 5.92. The molecule has 41 heavy (non-hydrogen) atoms. The third-order valence-electron chi connectivity index (χ3n) is 5.45. The smallest absolute Gasteiger partial charge is 0.472 e. The Morgan fingerprint density at radius 2 is 1.71 bits per heavy atom. The number of esters is 1. The first kappa shape index (κ1) is 32.1. The molecule has 0 aliphatic heterocycles. The van der Waals surface area contributed by atoms with Gasteiger partial charge in [0, 0.05) is 17.9 Å². The Kier molecular flexibility index (Phi) is 12.6. The molecule has 0 radical (unpaired) electrons. The largest absolute Gasteiger partial charge is 0.489 e. The van der Waals surface area contributed by atoms with Gasteiger partial charge in [0.25, 0.3) is 0 Å². The highest BCUT2D eigenvalue weighted by atomic mass is 35.5. The van der Waals surface area contributed by atoms with Gasteiger partial charge in [0.15, 0.2) is 0 Å². The van der Waals surface area contributed by atoms with Gasteiger partial charge in [0.05, 0.1) is 19.8 Å². The second kappa shape index (κ2) is 16.1. The van der Waals surface area contributed by atoms with Crippen LogP contribution < -0.4 is 15.2 Å². The lowest BCUT2D eigenvalue weighted by Gasteiger charge is -2.14. The highest BCUT2D eigenvalue weighted by Crippen LogP contribution is 2.43. The van der Waals surface area contributed by atoms with E-state index in [1.807, 2.05) is 48.5 Å². The minimum Gasteiger partial charge on any atom is -0.489 e. The van der Waals surface area contributed by atoms with E-state index in [-0.39, 0.29) is 26.1 Å². The maximum absolute atomic E-state index is 12.2. The summed E-state index contributed by atoms with van der Waals surface area (Å²) in [5.41, 5.74) is 6.94. The van der Waals surface area contributed by atoms with E-state index in [2.05, 4.69) is 4.52 Å². The molecular weight excluding hydrogens is 577 g/mol. The lowest BCUT2D eigenvalue weighted by atomic mass is 10.1. The number of phosphoric ester groups is 1. The van der Waals surface area contributed by atoms with E-state index in [0.29, 0.717) is 35.3 Å². The Bertz CT molecular complexity index is 1340. The molecule has 1 unspecified atom stereocenters. The van der Waals surface area contributed by atoms with Gasteiger partial charge < -0.3 is 29.9 Å². The number of carboxylic acids is 1. The molecule has 220 valence electrons. The molecule has 0 amide bonds. The number of hydrogen-bond donors (Lipinski definition) is 3. The highest BCUT2D eigenvalue weighted by Gasteiger charge is 2.24. The molecule has 0 spiro atoms. The van der Waals surface area contributed by atoms with Crippen molar-refractivity contribution < 1.29 is 47.4 Å². The normalized spacial score (nSPS) is 13.1. The van der Waals surface area contributed by atoms with Crippen LogP contribution in [0.1, 0.15) is 24.0 Å². The quantitative estimate of drug-likeness (QED) is 0.106. The van der Waals surface area contributed by atoms with Crippen molar-refractivity contribution in [1.29, 1.82) is 0 Å². The van der Waals surface area contributed by atoms with Gasteiger partial charge in [0.1, 0.15) is 29.9 Å². The summed E-state index contributed by atoms with van der Waals surface area (Å²) in [6, 6.07) is 20.5. The summed E-state index contributed by atoms with van der Waals surface area (Å²) in [4.78, 5) is 32.3. The standard InChI is InChI=1S/C28H31ClNO10P/c29-22-10-12-23(13-11-22)40-24-7-3-5-20(17-24)18-37-26-8-2-1-6-21(26)9-14-27(31)36-15-4-16-38-41(34,35)39-19-25(30)28(32)33/h1-3,5-8,10-13,17,25H,4,9,14-16,18-19,30H2,(H,32,33)(H,34,35)/t25-/m0/s1. The van der Waals surface area contributed by atoms with E-state index in [0.717, 1.165) is 11.1 Å². The lowest BCUT2D eigenvalue weighted by Crippen LogP contribution is -2.34. The van der Waals surface area contributed by atoms with Gasteiger partial charge in [-0.15, -0.1) is 0 Å². The zero-order valence-electron chi connectivity index (χ0n) is 22.0. The average molecular weight is 608 g/mol. The van der Waals surface area contributed by atoms with E-state index in [1.54, 1.807) is 24.3 Å². The van der Waals surface area contributed by atoms with Crippen LogP contribution in [0.5, 0.6) is 17.2 Å². The summed E-state index contributed by atoms with van der Waals surface area (Å²) in [7, 11) is -4.47. The molecule has 0 aliphatic carbocycles. The Balaban J connectivity index is 1.39. The Morgan fingerprint density at radius 3 is 2.46 bits per heavy atom. The maximum atomic E-state index is 12.2. The number of carbonyl (C=O) groups is 2. The number of aliphatic carboxylic acids is 1. The fourth-order valence-electron chi connectivity index (χ4n) is 3.37. The lowest BCUT2D eigenvalue weighted by molar-refractivity contribution is -0.143. The predicted octanol–water partition coefficient (Wildman–Crippen LogP) is 5.12. The number of halogens is 1. The van der Waals surface area contributed by atoms with Crippen molar-refractivity contribution in [3.63, 3.8) is 0 Å². The van der Waals surface area contributed by atoms with Gasteiger partial charge in [-0.2, -0.15) is 0 Å². The molecule has 3 aromatic rings. The van der Waals surface area contributed by atoms with E-state index in [4.69, 9.17) is 41.2 Å². The van der Waals surface area contributed by atoms with Crippen molar-refractivity contribution in [3.05, 3.63) is 88.9 Å². The maximum Gasteiger partial charge on any atom is 0.472 e. The van der Waals surface area contributed by atoms with E-state index >= 15 is 0 Å². The Morgan fingerprint density at radius 1 is 0.951 bits per heavy atom. The molecule has 0 fully saturated rings. The Hall–Kier alpha value is -3.44. The summed E-state index contributed by atoms with van der Waals surface area (Å²) < 4.78 is 38.0. The molecule has 0 saturated heterocycles. The van der Waals surface area contributed by atoms with Crippen LogP contribution in [0.3, 0.4) is 0 Å². The van der Waals surface area contributed by atoms with Crippen LogP contribution in [-0.4, -0.2) is 47.8 Å². The molecule has 0 aromatic heterocycles. The van der Waals surface area contributed by atoms with Crippen LogP contribution in [-0.2, 0) is 41.0 Å². The van der Waals surface area contributed by atoms with Crippen molar-refractivity contribution in [2.45, 2.75) is 31.9 Å². The first-order valence-electron chi connectivity index (χ1n) is 12.6. The van der Waals surface area contributed by atoms with Crippen LogP contribution in [0.4, 0.5) is 0 Å². The van der Waals surface area contributed by atoms with Crippen molar-refractivity contribution in [1.82, 2.24) is 0 Å². The minimum absolute atomic E-state index is 0.0416. The number of benzene rings is 3. The van der Waals surface area contributed by atoms with E-state index in [9.17, 15) is 19.0 Å². The third-order valence-corrected chi connectivity index (χ3v) is 6.69. The number of aryl methyl sites for hydroxylation is 1. The molecule has 0 heterocycles. The molecule has 11 nitrogen and oxygen atoms in total. The van der Waals surface area contributed by atoms with Crippen LogP contribution in [0.2, 0.25) is 5.02 Å². The van der Waals surface area contributed by atoms with Crippen LogP contribution in [0, 0.1) is 0 Å². The predicted molar refractivity (Wildman–Crippen MR) is 150 cm³/mol. The third kappa shape index (κ3) is 11.9. The molecule has 3 aromatic carbocycles. The van der Waals surface area contributed by atoms with Gasteiger partial charge >= 0.3 is 19.8 Å². The summed E-state index contributed by atoms with van der Waals surface area (Å²) in [5, 5.41) is 9.29.